The Labute approximate surface area is 83.4 Å². The minimum absolute atomic E-state index is 0.180. The number of aliphatic hydroxyl groups is 1. The summed E-state index contributed by atoms with van der Waals surface area (Å²) in [5, 5.41) is 9.52. The van der Waals surface area contributed by atoms with Crippen molar-refractivity contribution >= 4 is 10.4 Å². The second kappa shape index (κ2) is 5.04. The third kappa shape index (κ3) is 4.34. The molecule has 0 spiro atoms. The monoisotopic (exact) mass is 225 g/mol. The van der Waals surface area contributed by atoms with Crippen LogP contribution in [0.4, 0.5) is 0 Å². The summed E-state index contributed by atoms with van der Waals surface area (Å²) in [6, 6.07) is 0. The second-order valence-electron chi connectivity index (χ2n) is 3.26. The first kappa shape index (κ1) is 11.9. The van der Waals surface area contributed by atoms with Crippen molar-refractivity contribution in [2.75, 3.05) is 19.7 Å². The maximum atomic E-state index is 10.2. The Bertz CT molecular complexity index is 259. The van der Waals surface area contributed by atoms with Gasteiger partial charge in [-0.25, -0.2) is 4.18 Å². The van der Waals surface area contributed by atoms with Gasteiger partial charge in [-0.1, -0.05) is 0 Å². The molecular formula is C7H15NO5S. The van der Waals surface area contributed by atoms with E-state index in [-0.39, 0.29) is 13.0 Å². The van der Waals surface area contributed by atoms with Crippen molar-refractivity contribution in [3.8, 4) is 0 Å². The molecule has 7 heteroatoms. The molecule has 2 N–H and O–H groups in total. The number of hydrogen-bond donors (Lipinski definition) is 2. The first-order valence-corrected chi connectivity index (χ1v) is 5.89. The topological polar surface area (TPSA) is 87.1 Å². The van der Waals surface area contributed by atoms with Crippen molar-refractivity contribution in [3.05, 3.63) is 0 Å². The van der Waals surface area contributed by atoms with E-state index in [1.807, 2.05) is 4.90 Å². The largest absolute Gasteiger partial charge is 0.397 e. The van der Waals surface area contributed by atoms with E-state index in [0.29, 0.717) is 0 Å². The van der Waals surface area contributed by atoms with Gasteiger partial charge >= 0.3 is 10.4 Å². The molecule has 0 bridgehead atoms. The minimum Gasteiger partial charge on any atom is -0.378 e. The van der Waals surface area contributed by atoms with E-state index < -0.39 is 16.6 Å². The van der Waals surface area contributed by atoms with Crippen LogP contribution in [0.3, 0.4) is 0 Å². The van der Waals surface area contributed by atoms with Crippen molar-refractivity contribution in [2.24, 2.45) is 0 Å². The van der Waals surface area contributed by atoms with E-state index in [9.17, 15) is 13.5 Å². The summed E-state index contributed by atoms with van der Waals surface area (Å²) in [7, 11) is -4.37. The third-order valence-corrected chi connectivity index (χ3v) is 2.63. The lowest BCUT2D eigenvalue weighted by Crippen LogP contribution is -2.33. The quantitative estimate of drug-likeness (QED) is 0.620. The summed E-state index contributed by atoms with van der Waals surface area (Å²) in [5.74, 6) is 0. The maximum Gasteiger partial charge on any atom is 0.397 e. The van der Waals surface area contributed by atoms with Crippen molar-refractivity contribution < 1.29 is 22.3 Å². The SMILES string of the molecule is O=S(=O)(O)OCCC(O)N1CCCC1. The summed E-state index contributed by atoms with van der Waals surface area (Å²) in [6.07, 6.45) is 1.60. The fourth-order valence-corrected chi connectivity index (χ4v) is 1.79. The van der Waals surface area contributed by atoms with Crippen LogP contribution in [0, 0.1) is 0 Å². The molecule has 0 aliphatic carbocycles. The standard InChI is InChI=1S/C7H15NO5S/c9-7(8-4-1-2-5-8)3-6-13-14(10,11)12/h7,9H,1-6H2,(H,10,11,12). The van der Waals surface area contributed by atoms with E-state index in [0.717, 1.165) is 25.9 Å². The summed E-state index contributed by atoms with van der Waals surface area (Å²) >= 11 is 0. The Balaban J connectivity index is 2.17. The van der Waals surface area contributed by atoms with Crippen LogP contribution >= 0.6 is 0 Å². The smallest absolute Gasteiger partial charge is 0.378 e. The fraction of sp³-hybridized carbons (Fsp3) is 1.00. The van der Waals surface area contributed by atoms with Crippen LogP contribution in [0.5, 0.6) is 0 Å². The number of rotatable bonds is 5. The molecule has 1 saturated heterocycles. The van der Waals surface area contributed by atoms with Gasteiger partial charge in [-0.2, -0.15) is 8.42 Å². The van der Waals surface area contributed by atoms with E-state index in [4.69, 9.17) is 4.55 Å². The highest BCUT2D eigenvalue weighted by molar-refractivity contribution is 7.80. The Hall–Kier alpha value is -0.210. The van der Waals surface area contributed by atoms with Crippen LogP contribution < -0.4 is 0 Å². The van der Waals surface area contributed by atoms with E-state index in [2.05, 4.69) is 4.18 Å². The molecule has 0 amide bonds. The van der Waals surface area contributed by atoms with Gasteiger partial charge in [-0.15, -0.1) is 0 Å². The molecule has 1 aliphatic rings. The van der Waals surface area contributed by atoms with Crippen molar-refractivity contribution in [1.82, 2.24) is 4.90 Å². The highest BCUT2D eigenvalue weighted by Crippen LogP contribution is 2.12. The van der Waals surface area contributed by atoms with Crippen LogP contribution in [-0.4, -0.2) is 48.9 Å². The Morgan fingerprint density at radius 2 is 1.93 bits per heavy atom. The van der Waals surface area contributed by atoms with E-state index >= 15 is 0 Å². The van der Waals surface area contributed by atoms with Crippen molar-refractivity contribution in [2.45, 2.75) is 25.5 Å². The van der Waals surface area contributed by atoms with Gasteiger partial charge in [0.05, 0.1) is 6.61 Å². The summed E-state index contributed by atoms with van der Waals surface area (Å²) < 4.78 is 32.7. The Kier molecular flexibility index (Phi) is 4.27. The Morgan fingerprint density at radius 3 is 2.43 bits per heavy atom. The molecule has 1 unspecified atom stereocenters. The van der Waals surface area contributed by atoms with Gasteiger partial charge in [-0.05, 0) is 12.8 Å². The number of hydrogen-bond acceptors (Lipinski definition) is 5. The van der Waals surface area contributed by atoms with E-state index in [1.165, 1.54) is 0 Å². The first-order valence-electron chi connectivity index (χ1n) is 4.53. The molecule has 1 aliphatic heterocycles. The summed E-state index contributed by atoms with van der Waals surface area (Å²) in [4.78, 5) is 1.85. The lowest BCUT2D eigenvalue weighted by Gasteiger charge is -2.21. The van der Waals surface area contributed by atoms with Crippen molar-refractivity contribution in [1.29, 1.82) is 0 Å². The minimum atomic E-state index is -4.37. The first-order chi connectivity index (χ1) is 6.49. The molecule has 0 aromatic rings. The molecule has 1 heterocycles. The second-order valence-corrected chi connectivity index (χ2v) is 4.35. The molecule has 0 aromatic heterocycles. The molecule has 1 rings (SSSR count). The Morgan fingerprint density at radius 1 is 1.36 bits per heavy atom. The fourth-order valence-electron chi connectivity index (χ4n) is 1.48. The van der Waals surface area contributed by atoms with Crippen LogP contribution in [0.15, 0.2) is 0 Å². The molecular weight excluding hydrogens is 210 g/mol. The third-order valence-electron chi connectivity index (χ3n) is 2.17. The van der Waals surface area contributed by atoms with Crippen molar-refractivity contribution in [3.63, 3.8) is 0 Å². The molecule has 1 atom stereocenters. The summed E-state index contributed by atoms with van der Waals surface area (Å²) in [5.41, 5.74) is 0. The average molecular weight is 225 g/mol. The van der Waals surface area contributed by atoms with Crippen LogP contribution in [-0.2, 0) is 14.6 Å². The molecule has 0 radical (unpaired) electrons. The van der Waals surface area contributed by atoms with Gasteiger partial charge in [0, 0.05) is 19.5 Å². The average Bonchev–Trinajstić information content (AvgIpc) is 2.53. The number of nitrogens with zero attached hydrogens (tertiary/aromatic N) is 1. The van der Waals surface area contributed by atoms with Gasteiger partial charge in [0.1, 0.15) is 6.23 Å². The van der Waals surface area contributed by atoms with Crippen LogP contribution in [0.2, 0.25) is 0 Å². The molecule has 84 valence electrons. The van der Waals surface area contributed by atoms with Gasteiger partial charge in [0.2, 0.25) is 0 Å². The number of aliphatic hydroxyl groups excluding tert-OH is 1. The van der Waals surface area contributed by atoms with Crippen LogP contribution in [0.25, 0.3) is 0 Å². The zero-order valence-corrected chi connectivity index (χ0v) is 8.61. The zero-order valence-electron chi connectivity index (χ0n) is 7.79. The van der Waals surface area contributed by atoms with Gasteiger partial charge < -0.3 is 5.11 Å². The van der Waals surface area contributed by atoms with Gasteiger partial charge in [-0.3, -0.25) is 9.45 Å². The maximum absolute atomic E-state index is 10.2. The van der Waals surface area contributed by atoms with Crippen LogP contribution in [0.1, 0.15) is 19.3 Å². The van der Waals surface area contributed by atoms with Gasteiger partial charge in [0.15, 0.2) is 0 Å². The molecule has 0 aromatic carbocycles. The molecule has 14 heavy (non-hydrogen) atoms. The highest BCUT2D eigenvalue weighted by atomic mass is 32.3. The molecule has 0 saturated carbocycles. The predicted octanol–water partition coefficient (Wildman–Crippen LogP) is -0.390. The highest BCUT2D eigenvalue weighted by Gasteiger charge is 2.19. The normalized spacial score (nSPS) is 21.3. The predicted molar refractivity (Wildman–Crippen MR) is 48.9 cm³/mol. The summed E-state index contributed by atoms with van der Waals surface area (Å²) in [6.45, 7) is 1.45. The lowest BCUT2D eigenvalue weighted by atomic mass is 10.3. The van der Waals surface area contributed by atoms with Gasteiger partial charge in [0.25, 0.3) is 0 Å². The lowest BCUT2D eigenvalue weighted by molar-refractivity contribution is 0.00449. The number of likely N-dealkylation sites (tertiary alicyclic amines) is 1. The van der Waals surface area contributed by atoms with E-state index in [1.54, 1.807) is 0 Å². The molecule has 6 nitrogen and oxygen atoms in total. The zero-order chi connectivity index (χ0) is 10.6. The molecule has 1 fully saturated rings.